The second-order valence-electron chi connectivity index (χ2n) is 17.0. The maximum absolute atomic E-state index is 13.3. The molecular formula is C41H58N2O6. The van der Waals surface area contributed by atoms with Crippen LogP contribution in [-0.2, 0) is 22.4 Å². The molecule has 0 saturated carbocycles. The average Bonchev–Trinajstić information content (AvgIpc) is 3.57. The van der Waals surface area contributed by atoms with Gasteiger partial charge in [0.1, 0.15) is 22.7 Å². The quantitative estimate of drug-likeness (QED) is 0.0795. The van der Waals surface area contributed by atoms with Gasteiger partial charge in [0, 0.05) is 11.1 Å². The summed E-state index contributed by atoms with van der Waals surface area (Å²) in [6.45, 7) is 19.3. The monoisotopic (exact) mass is 674 g/mol. The van der Waals surface area contributed by atoms with Gasteiger partial charge < -0.3 is 28.9 Å². The number of hydrogen-bond donors (Lipinski definition) is 2. The summed E-state index contributed by atoms with van der Waals surface area (Å²) < 4.78 is 23.4. The van der Waals surface area contributed by atoms with Crippen molar-refractivity contribution in [3.63, 3.8) is 0 Å². The van der Waals surface area contributed by atoms with Gasteiger partial charge in [0.15, 0.2) is 0 Å². The van der Waals surface area contributed by atoms with Gasteiger partial charge in [-0.3, -0.25) is 9.59 Å². The molecule has 0 radical (unpaired) electrons. The molecule has 2 aromatic heterocycles. The first-order valence-corrected chi connectivity index (χ1v) is 17.6. The molecule has 0 spiro atoms. The summed E-state index contributed by atoms with van der Waals surface area (Å²) in [5.74, 6) is 0.617. The lowest BCUT2D eigenvalue weighted by Crippen LogP contribution is -2.33. The molecule has 2 aromatic carbocycles. The molecule has 0 fully saturated rings. The van der Waals surface area contributed by atoms with Gasteiger partial charge in [-0.2, -0.15) is 0 Å². The Bertz CT molecular complexity index is 1600. The van der Waals surface area contributed by atoms with Crippen molar-refractivity contribution in [2.75, 3.05) is 27.2 Å². The molecule has 8 heteroatoms. The van der Waals surface area contributed by atoms with Crippen LogP contribution in [0.25, 0.3) is 21.9 Å². The molecule has 0 bridgehead atoms. The number of nitrogens with one attached hydrogen (secondary N) is 2. The van der Waals surface area contributed by atoms with Gasteiger partial charge in [-0.15, -0.1) is 0 Å². The molecule has 2 N–H and O–H groups in total. The number of furan rings is 2. The summed E-state index contributed by atoms with van der Waals surface area (Å²) in [7, 11) is 3.83. The van der Waals surface area contributed by atoms with Gasteiger partial charge in [-0.1, -0.05) is 67.5 Å². The van der Waals surface area contributed by atoms with E-state index in [2.05, 4.69) is 66.0 Å². The molecule has 0 amide bonds. The normalized spacial score (nSPS) is 12.9. The van der Waals surface area contributed by atoms with Crippen LogP contribution in [0.3, 0.4) is 0 Å². The van der Waals surface area contributed by atoms with Crippen LogP contribution < -0.4 is 20.1 Å². The van der Waals surface area contributed by atoms with Crippen LogP contribution in [0.1, 0.15) is 98.6 Å². The SMILES string of the molecule is CNCCc1coc2cccc(OC(=O)CC(C)(C)CC(C)(C)CC(C)(C)CC(C)(C)CC(=O)Oc3cccc4occ(CCNC)c34)c12. The van der Waals surface area contributed by atoms with E-state index in [1.165, 1.54) is 0 Å². The fourth-order valence-corrected chi connectivity index (χ4v) is 8.53. The zero-order valence-corrected chi connectivity index (χ0v) is 31.4. The lowest BCUT2D eigenvalue weighted by molar-refractivity contribution is -0.137. The number of carbonyl (C=O) groups is 2. The Kier molecular flexibility index (Phi) is 12.1. The number of esters is 2. The van der Waals surface area contributed by atoms with E-state index >= 15 is 0 Å². The molecule has 268 valence electrons. The fourth-order valence-electron chi connectivity index (χ4n) is 8.53. The zero-order chi connectivity index (χ0) is 36.0. The van der Waals surface area contributed by atoms with Gasteiger partial charge >= 0.3 is 11.9 Å². The number of carbonyl (C=O) groups excluding carboxylic acids is 2. The Hall–Kier alpha value is -3.62. The predicted octanol–water partition coefficient (Wildman–Crippen LogP) is 9.27. The van der Waals surface area contributed by atoms with Crippen molar-refractivity contribution in [2.45, 2.75) is 100 Å². The summed E-state index contributed by atoms with van der Waals surface area (Å²) in [5.41, 5.74) is 2.81. The third-order valence-electron chi connectivity index (χ3n) is 9.13. The van der Waals surface area contributed by atoms with Crippen LogP contribution in [0.5, 0.6) is 11.5 Å². The van der Waals surface area contributed by atoms with E-state index in [0.29, 0.717) is 24.3 Å². The first-order valence-electron chi connectivity index (χ1n) is 17.6. The van der Waals surface area contributed by atoms with Crippen LogP contribution >= 0.6 is 0 Å². The third-order valence-corrected chi connectivity index (χ3v) is 9.13. The highest BCUT2D eigenvalue weighted by atomic mass is 16.5. The molecule has 0 aliphatic rings. The summed E-state index contributed by atoms with van der Waals surface area (Å²) in [6.07, 6.45) is 8.29. The molecule has 0 aliphatic heterocycles. The summed E-state index contributed by atoms with van der Waals surface area (Å²) >= 11 is 0. The lowest BCUT2D eigenvalue weighted by Gasteiger charge is -2.42. The maximum Gasteiger partial charge on any atom is 0.311 e. The number of ether oxygens (including phenoxy) is 2. The largest absolute Gasteiger partial charge is 0.464 e. The van der Waals surface area contributed by atoms with Crippen LogP contribution in [0.15, 0.2) is 57.8 Å². The molecule has 4 aromatic rings. The highest BCUT2D eigenvalue weighted by Crippen LogP contribution is 2.48. The molecular weight excluding hydrogens is 616 g/mol. The van der Waals surface area contributed by atoms with Gasteiger partial charge in [0.2, 0.25) is 0 Å². The Labute approximate surface area is 292 Å². The van der Waals surface area contributed by atoms with Crippen LogP contribution in [0, 0.1) is 21.7 Å². The number of hydrogen-bond acceptors (Lipinski definition) is 8. The highest BCUT2D eigenvalue weighted by Gasteiger charge is 2.38. The maximum atomic E-state index is 13.3. The third kappa shape index (κ3) is 10.7. The van der Waals surface area contributed by atoms with Gasteiger partial charge in [0.25, 0.3) is 0 Å². The van der Waals surface area contributed by atoms with E-state index in [0.717, 1.165) is 78.3 Å². The van der Waals surface area contributed by atoms with E-state index < -0.39 is 0 Å². The Balaban J connectivity index is 1.34. The van der Waals surface area contributed by atoms with Gasteiger partial charge in [0.05, 0.1) is 36.1 Å². The number of benzene rings is 2. The number of fused-ring (bicyclic) bond motifs is 2. The minimum Gasteiger partial charge on any atom is -0.464 e. The Morgan fingerprint density at radius 1 is 0.592 bits per heavy atom. The van der Waals surface area contributed by atoms with Crippen LogP contribution in [0.4, 0.5) is 0 Å². The molecule has 0 unspecified atom stereocenters. The van der Waals surface area contributed by atoms with Crippen LogP contribution in [0.2, 0.25) is 0 Å². The highest BCUT2D eigenvalue weighted by molar-refractivity contribution is 5.91. The minimum absolute atomic E-state index is 0.0601. The van der Waals surface area contributed by atoms with Crippen molar-refractivity contribution in [3.8, 4) is 11.5 Å². The van der Waals surface area contributed by atoms with Crippen molar-refractivity contribution < 1.29 is 27.9 Å². The van der Waals surface area contributed by atoms with E-state index in [1.54, 1.807) is 12.5 Å². The summed E-state index contributed by atoms with van der Waals surface area (Å²) in [6, 6.07) is 11.2. The predicted molar refractivity (Wildman–Crippen MR) is 197 cm³/mol. The minimum atomic E-state index is -0.282. The second-order valence-corrected chi connectivity index (χ2v) is 17.0. The fraction of sp³-hybridized carbons (Fsp3) is 0.561. The van der Waals surface area contributed by atoms with Gasteiger partial charge in [-0.05, 0) is 105 Å². The average molecular weight is 675 g/mol. The van der Waals surface area contributed by atoms with Crippen molar-refractivity contribution in [1.82, 2.24) is 10.6 Å². The standard InChI is InChI=1S/C41H58N2O6/c1-38(2,21-34(44)48-32-15-11-13-30-36(32)28(23-46-30)17-19-42-9)25-40(5,6)27-41(7,8)26-39(3,4)22-35(45)49-33-16-12-14-31-37(33)29(24-47-31)18-20-43-10/h11-16,23-24,42-43H,17-22,25-27H2,1-10H3. The van der Waals surface area contributed by atoms with E-state index in [1.807, 2.05) is 50.5 Å². The summed E-state index contributed by atoms with van der Waals surface area (Å²) in [5, 5.41) is 8.06. The Morgan fingerprint density at radius 3 is 1.33 bits per heavy atom. The molecule has 8 nitrogen and oxygen atoms in total. The number of rotatable bonds is 18. The molecule has 0 atom stereocenters. The van der Waals surface area contributed by atoms with Crippen molar-refractivity contribution in [3.05, 3.63) is 60.1 Å². The zero-order valence-electron chi connectivity index (χ0n) is 31.4. The summed E-state index contributed by atoms with van der Waals surface area (Å²) in [4.78, 5) is 26.6. The molecule has 4 rings (SSSR count). The first kappa shape index (κ1) is 38.2. The van der Waals surface area contributed by atoms with Crippen molar-refractivity contribution >= 4 is 33.9 Å². The number of likely N-dealkylation sites (N-methyl/N-ethyl adjacent to an activating group) is 2. The van der Waals surface area contributed by atoms with E-state index in [9.17, 15) is 9.59 Å². The molecule has 49 heavy (non-hydrogen) atoms. The lowest BCUT2D eigenvalue weighted by atomic mass is 9.63. The van der Waals surface area contributed by atoms with Crippen LogP contribution in [-0.4, -0.2) is 39.1 Å². The van der Waals surface area contributed by atoms with Crippen molar-refractivity contribution in [2.24, 2.45) is 21.7 Å². The van der Waals surface area contributed by atoms with Crippen molar-refractivity contribution in [1.29, 1.82) is 0 Å². The molecule has 0 saturated heterocycles. The molecule has 0 aliphatic carbocycles. The van der Waals surface area contributed by atoms with E-state index in [4.69, 9.17) is 18.3 Å². The topological polar surface area (TPSA) is 103 Å². The second kappa shape index (κ2) is 15.5. The van der Waals surface area contributed by atoms with E-state index in [-0.39, 0.29) is 33.6 Å². The smallest absolute Gasteiger partial charge is 0.311 e. The Morgan fingerprint density at radius 2 is 0.959 bits per heavy atom. The first-order chi connectivity index (χ1) is 22.9. The molecule has 2 heterocycles. The van der Waals surface area contributed by atoms with Gasteiger partial charge in [-0.25, -0.2) is 0 Å².